The first-order valence-electron chi connectivity index (χ1n) is 9.97. The van der Waals surface area contributed by atoms with Gasteiger partial charge in [-0.1, -0.05) is 18.2 Å². The van der Waals surface area contributed by atoms with Crippen LogP contribution in [0.15, 0.2) is 49.2 Å². The van der Waals surface area contributed by atoms with Crippen LogP contribution in [0, 0.1) is 5.82 Å². The molecule has 1 fully saturated rings. The predicted octanol–water partition coefficient (Wildman–Crippen LogP) is 3.76. The molecule has 1 aromatic heterocycles. The number of ether oxygens (including phenoxy) is 1. The highest BCUT2D eigenvalue weighted by molar-refractivity contribution is 5.74. The SMILES string of the molecule is C=CCCOCCNC(=O)N1CCC(c2nccc(-c3cccc(F)c3)n2)CC1. The van der Waals surface area contributed by atoms with Crippen LogP contribution in [0.25, 0.3) is 11.3 Å². The minimum atomic E-state index is -0.284. The van der Waals surface area contributed by atoms with Crippen molar-refractivity contribution in [3.63, 3.8) is 0 Å². The molecule has 0 aliphatic carbocycles. The van der Waals surface area contributed by atoms with Crippen LogP contribution in [0.1, 0.15) is 31.0 Å². The van der Waals surface area contributed by atoms with Crippen LogP contribution in [-0.2, 0) is 4.74 Å². The van der Waals surface area contributed by atoms with E-state index in [1.165, 1.54) is 12.1 Å². The molecule has 0 unspecified atom stereocenters. The van der Waals surface area contributed by atoms with Crippen molar-refractivity contribution in [3.8, 4) is 11.3 Å². The average Bonchev–Trinajstić information content (AvgIpc) is 2.76. The van der Waals surface area contributed by atoms with Crippen molar-refractivity contribution >= 4 is 6.03 Å². The summed E-state index contributed by atoms with van der Waals surface area (Å²) in [6.45, 7) is 6.56. The molecule has 1 saturated heterocycles. The van der Waals surface area contributed by atoms with Crippen molar-refractivity contribution in [1.82, 2.24) is 20.2 Å². The van der Waals surface area contributed by atoms with Gasteiger partial charge in [0.1, 0.15) is 11.6 Å². The molecule has 29 heavy (non-hydrogen) atoms. The molecule has 0 radical (unpaired) electrons. The van der Waals surface area contributed by atoms with Crippen LogP contribution in [-0.4, -0.2) is 53.7 Å². The number of rotatable bonds is 8. The Balaban J connectivity index is 1.49. The molecule has 1 aromatic carbocycles. The van der Waals surface area contributed by atoms with Crippen molar-refractivity contribution in [2.75, 3.05) is 32.8 Å². The van der Waals surface area contributed by atoms with E-state index in [-0.39, 0.29) is 17.8 Å². The smallest absolute Gasteiger partial charge is 0.317 e. The lowest BCUT2D eigenvalue weighted by Gasteiger charge is -2.31. The topological polar surface area (TPSA) is 67.3 Å². The molecule has 0 atom stereocenters. The fraction of sp³-hybridized carbons (Fsp3) is 0.409. The number of piperidine rings is 1. The number of carbonyl (C=O) groups excluding carboxylic acids is 1. The number of hydrogen-bond donors (Lipinski definition) is 1. The first kappa shape index (κ1) is 20.9. The Morgan fingerprint density at radius 2 is 2.14 bits per heavy atom. The highest BCUT2D eigenvalue weighted by Gasteiger charge is 2.25. The predicted molar refractivity (Wildman–Crippen MR) is 110 cm³/mol. The second kappa shape index (κ2) is 10.7. The number of amides is 2. The lowest BCUT2D eigenvalue weighted by Crippen LogP contribution is -2.45. The number of halogens is 1. The Labute approximate surface area is 170 Å². The number of hydrogen-bond acceptors (Lipinski definition) is 4. The summed E-state index contributed by atoms with van der Waals surface area (Å²) >= 11 is 0. The Morgan fingerprint density at radius 1 is 1.31 bits per heavy atom. The van der Waals surface area contributed by atoms with E-state index in [4.69, 9.17) is 4.74 Å². The molecular formula is C22H27FN4O2. The van der Waals surface area contributed by atoms with E-state index in [9.17, 15) is 9.18 Å². The quantitative estimate of drug-likeness (QED) is 0.543. The molecule has 0 spiro atoms. The third kappa shape index (κ3) is 6.09. The van der Waals surface area contributed by atoms with Gasteiger partial charge in [0, 0.05) is 37.3 Å². The molecule has 0 bridgehead atoms. The monoisotopic (exact) mass is 398 g/mol. The van der Waals surface area contributed by atoms with Crippen LogP contribution in [0.3, 0.4) is 0 Å². The standard InChI is InChI=1S/C22H27FN4O2/c1-2-3-14-29-15-11-25-22(28)27-12-8-17(9-13-27)21-24-10-7-20(26-21)18-5-4-6-19(23)16-18/h2,4-7,10,16-17H,1,3,8-9,11-15H2,(H,25,28). The van der Waals surface area contributed by atoms with E-state index in [0.717, 1.165) is 30.7 Å². The van der Waals surface area contributed by atoms with Gasteiger partial charge in [-0.15, -0.1) is 6.58 Å². The Morgan fingerprint density at radius 3 is 2.90 bits per heavy atom. The second-order valence-electron chi connectivity index (χ2n) is 6.99. The van der Waals surface area contributed by atoms with Gasteiger partial charge in [0.15, 0.2) is 0 Å². The third-order valence-corrected chi connectivity index (χ3v) is 4.93. The van der Waals surface area contributed by atoms with Gasteiger partial charge in [0.05, 0.1) is 18.9 Å². The van der Waals surface area contributed by atoms with Crippen molar-refractivity contribution in [1.29, 1.82) is 0 Å². The molecule has 154 valence electrons. The summed E-state index contributed by atoms with van der Waals surface area (Å²) in [6, 6.07) is 8.13. The summed E-state index contributed by atoms with van der Waals surface area (Å²) in [4.78, 5) is 23.2. The summed E-state index contributed by atoms with van der Waals surface area (Å²) in [7, 11) is 0. The van der Waals surface area contributed by atoms with Crippen LogP contribution < -0.4 is 5.32 Å². The molecule has 2 amide bonds. The summed E-state index contributed by atoms with van der Waals surface area (Å²) in [6.07, 6.45) is 5.93. The molecule has 1 aliphatic rings. The van der Waals surface area contributed by atoms with Gasteiger partial charge >= 0.3 is 6.03 Å². The first-order chi connectivity index (χ1) is 14.2. The van der Waals surface area contributed by atoms with E-state index < -0.39 is 0 Å². The first-order valence-corrected chi connectivity index (χ1v) is 9.97. The van der Waals surface area contributed by atoms with Crippen molar-refractivity contribution in [2.24, 2.45) is 0 Å². The molecule has 6 nitrogen and oxygen atoms in total. The van der Waals surface area contributed by atoms with Crippen LogP contribution in [0.5, 0.6) is 0 Å². The summed E-state index contributed by atoms with van der Waals surface area (Å²) in [5, 5.41) is 2.89. The van der Waals surface area contributed by atoms with Crippen molar-refractivity contribution in [3.05, 3.63) is 60.8 Å². The lowest BCUT2D eigenvalue weighted by atomic mass is 9.96. The zero-order valence-electron chi connectivity index (χ0n) is 16.5. The summed E-state index contributed by atoms with van der Waals surface area (Å²) < 4.78 is 18.9. The number of likely N-dealkylation sites (tertiary alicyclic amines) is 1. The highest BCUT2D eigenvalue weighted by atomic mass is 19.1. The summed E-state index contributed by atoms with van der Waals surface area (Å²) in [5.74, 6) is 0.658. The average molecular weight is 398 g/mol. The largest absolute Gasteiger partial charge is 0.379 e. The van der Waals surface area contributed by atoms with E-state index in [2.05, 4.69) is 21.9 Å². The van der Waals surface area contributed by atoms with E-state index >= 15 is 0 Å². The van der Waals surface area contributed by atoms with Gasteiger partial charge in [-0.25, -0.2) is 19.2 Å². The molecule has 3 rings (SSSR count). The fourth-order valence-electron chi connectivity index (χ4n) is 3.33. The van der Waals surface area contributed by atoms with E-state index in [1.54, 1.807) is 24.4 Å². The number of aromatic nitrogens is 2. The maximum Gasteiger partial charge on any atom is 0.317 e. The number of urea groups is 1. The lowest BCUT2D eigenvalue weighted by molar-refractivity contribution is 0.136. The van der Waals surface area contributed by atoms with Gasteiger partial charge in [-0.05, 0) is 37.5 Å². The number of nitrogens with one attached hydrogen (secondary N) is 1. The maximum atomic E-state index is 13.5. The van der Waals surface area contributed by atoms with Crippen LogP contribution in [0.2, 0.25) is 0 Å². The van der Waals surface area contributed by atoms with Crippen molar-refractivity contribution in [2.45, 2.75) is 25.2 Å². The van der Waals surface area contributed by atoms with Gasteiger partial charge in [0.25, 0.3) is 0 Å². The van der Waals surface area contributed by atoms with Gasteiger partial charge < -0.3 is 15.0 Å². The van der Waals surface area contributed by atoms with Gasteiger partial charge in [-0.2, -0.15) is 0 Å². The number of nitrogens with zero attached hydrogens (tertiary/aromatic N) is 3. The Hall–Kier alpha value is -2.80. The Bertz CT molecular complexity index is 822. The number of carbonyl (C=O) groups is 1. The summed E-state index contributed by atoms with van der Waals surface area (Å²) in [5.41, 5.74) is 1.45. The Kier molecular flexibility index (Phi) is 7.69. The van der Waals surface area contributed by atoms with Crippen LogP contribution in [0.4, 0.5) is 9.18 Å². The highest BCUT2D eigenvalue weighted by Crippen LogP contribution is 2.27. The molecule has 7 heteroatoms. The minimum Gasteiger partial charge on any atom is -0.379 e. The fourth-order valence-corrected chi connectivity index (χ4v) is 3.33. The molecule has 0 saturated carbocycles. The molecule has 2 aromatic rings. The van der Waals surface area contributed by atoms with Gasteiger partial charge in [-0.3, -0.25) is 0 Å². The van der Waals surface area contributed by atoms with Crippen molar-refractivity contribution < 1.29 is 13.9 Å². The van der Waals surface area contributed by atoms with Gasteiger partial charge in [0.2, 0.25) is 0 Å². The van der Waals surface area contributed by atoms with E-state index in [0.29, 0.717) is 38.5 Å². The maximum absolute atomic E-state index is 13.5. The third-order valence-electron chi connectivity index (χ3n) is 4.93. The van der Waals surface area contributed by atoms with Crippen LogP contribution >= 0.6 is 0 Å². The number of benzene rings is 1. The minimum absolute atomic E-state index is 0.0646. The normalized spacial score (nSPS) is 14.6. The molecule has 2 heterocycles. The molecule has 1 N–H and O–H groups in total. The zero-order valence-corrected chi connectivity index (χ0v) is 16.5. The molecule has 1 aliphatic heterocycles. The second-order valence-corrected chi connectivity index (χ2v) is 6.99. The van der Waals surface area contributed by atoms with E-state index in [1.807, 2.05) is 11.0 Å². The molecular weight excluding hydrogens is 371 g/mol. The zero-order chi connectivity index (χ0) is 20.5.